The van der Waals surface area contributed by atoms with Crippen molar-refractivity contribution in [2.45, 2.75) is 9.79 Å². The number of amides is 1. The van der Waals surface area contributed by atoms with Crippen molar-refractivity contribution in [3.63, 3.8) is 0 Å². The van der Waals surface area contributed by atoms with Gasteiger partial charge >= 0.3 is 5.97 Å². The van der Waals surface area contributed by atoms with Crippen LogP contribution in [0.15, 0.2) is 107 Å². The summed E-state index contributed by atoms with van der Waals surface area (Å²) in [6.07, 6.45) is 0. The second-order valence-corrected chi connectivity index (χ2v) is 13.4. The first kappa shape index (κ1) is 36.5. The van der Waals surface area contributed by atoms with Gasteiger partial charge in [0.2, 0.25) is 0 Å². The molecule has 4 aromatic carbocycles. The van der Waals surface area contributed by atoms with Gasteiger partial charge in [-0.05, 0) is 72.8 Å². The molecule has 0 aromatic heterocycles. The third kappa shape index (κ3) is 8.26. The van der Waals surface area contributed by atoms with E-state index < -0.39 is 41.8 Å². The Balaban J connectivity index is 0.000000260. The SMILES string of the molecule is CN(c1ccc(C(=O)NO)cc1)S(=O)(=O)c1ccc([N+](=O)[O-])cc1.COC(=O)c1ccc(N(C)S(=O)(=O)c2ccc([N+](=O)[O-])cc2)cc1. The van der Waals surface area contributed by atoms with E-state index in [2.05, 4.69) is 4.74 Å². The van der Waals surface area contributed by atoms with Crippen LogP contribution in [-0.4, -0.2) is 65.0 Å². The molecule has 0 unspecified atom stereocenters. The van der Waals surface area contributed by atoms with Crippen molar-refractivity contribution in [2.24, 2.45) is 0 Å². The van der Waals surface area contributed by atoms with Crippen molar-refractivity contribution < 1.29 is 46.2 Å². The quantitative estimate of drug-likeness (QED) is 0.104. The number of hydroxylamine groups is 1. The van der Waals surface area contributed by atoms with E-state index >= 15 is 0 Å². The number of nitro benzene ring substituents is 2. The monoisotopic (exact) mass is 701 g/mol. The fraction of sp³-hybridized carbons (Fsp3) is 0.103. The van der Waals surface area contributed by atoms with Crippen LogP contribution in [0.25, 0.3) is 0 Å². The molecule has 0 aliphatic carbocycles. The fourth-order valence-electron chi connectivity index (χ4n) is 3.89. The highest BCUT2D eigenvalue weighted by atomic mass is 32.2. The van der Waals surface area contributed by atoms with Crippen LogP contribution < -0.4 is 14.1 Å². The van der Waals surface area contributed by atoms with E-state index in [-0.39, 0.29) is 32.4 Å². The van der Waals surface area contributed by atoms with E-state index in [4.69, 9.17) is 5.21 Å². The lowest BCUT2D eigenvalue weighted by Crippen LogP contribution is -2.26. The topological polar surface area (TPSA) is 237 Å². The number of carbonyl (C=O) groups excluding carboxylic acids is 2. The highest BCUT2D eigenvalue weighted by Gasteiger charge is 2.24. The van der Waals surface area contributed by atoms with Crippen LogP contribution in [0.5, 0.6) is 0 Å². The smallest absolute Gasteiger partial charge is 0.337 e. The number of rotatable bonds is 10. The summed E-state index contributed by atoms with van der Waals surface area (Å²) in [7, 11) is -3.87. The van der Waals surface area contributed by atoms with Gasteiger partial charge in [-0.2, -0.15) is 0 Å². The third-order valence-corrected chi connectivity index (χ3v) is 10.3. The first-order valence-electron chi connectivity index (χ1n) is 13.2. The Bertz CT molecular complexity index is 1870. The molecule has 2 N–H and O–H groups in total. The third-order valence-electron chi connectivity index (χ3n) is 6.66. The number of nitrogens with zero attached hydrogens (tertiary/aromatic N) is 4. The van der Waals surface area contributed by atoms with E-state index in [0.717, 1.165) is 45.0 Å². The lowest BCUT2D eigenvalue weighted by Gasteiger charge is -2.19. The molecule has 0 fully saturated rings. The number of esters is 1. The lowest BCUT2D eigenvalue weighted by molar-refractivity contribution is -0.385. The van der Waals surface area contributed by atoms with Crippen molar-refractivity contribution >= 4 is 54.7 Å². The Morgan fingerprint density at radius 2 is 0.979 bits per heavy atom. The first-order valence-corrected chi connectivity index (χ1v) is 16.1. The maximum absolute atomic E-state index is 12.6. The van der Waals surface area contributed by atoms with Gasteiger partial charge < -0.3 is 4.74 Å². The van der Waals surface area contributed by atoms with Crippen LogP contribution in [-0.2, 0) is 24.8 Å². The molecular formula is C29H27N5O12S2. The largest absolute Gasteiger partial charge is 0.465 e. The molecule has 0 atom stereocenters. The first-order chi connectivity index (χ1) is 22.5. The second-order valence-electron chi connectivity index (χ2n) is 9.47. The molecule has 19 heteroatoms. The Labute approximate surface area is 274 Å². The minimum absolute atomic E-state index is 0.0763. The van der Waals surface area contributed by atoms with Crippen LogP contribution in [0.4, 0.5) is 22.7 Å². The van der Waals surface area contributed by atoms with Crippen molar-refractivity contribution in [2.75, 3.05) is 29.8 Å². The summed E-state index contributed by atoms with van der Waals surface area (Å²) in [5.74, 6) is -1.25. The predicted octanol–water partition coefficient (Wildman–Crippen LogP) is 3.75. The summed E-state index contributed by atoms with van der Waals surface area (Å²) in [5, 5.41) is 29.8. The molecule has 0 saturated heterocycles. The number of hydrogen-bond donors (Lipinski definition) is 2. The molecule has 48 heavy (non-hydrogen) atoms. The van der Waals surface area contributed by atoms with Gasteiger partial charge in [0.1, 0.15) is 0 Å². The van der Waals surface area contributed by atoms with Gasteiger partial charge in [0.05, 0.1) is 43.7 Å². The number of methoxy groups -OCH3 is 1. The van der Waals surface area contributed by atoms with Crippen LogP contribution in [0, 0.1) is 20.2 Å². The number of nitro groups is 2. The van der Waals surface area contributed by atoms with Gasteiger partial charge in [-0.15, -0.1) is 0 Å². The van der Waals surface area contributed by atoms with Crippen LogP contribution in [0.1, 0.15) is 20.7 Å². The molecule has 0 aliphatic rings. The standard InChI is InChI=1S/C15H14N2O6S.C14H13N3O6S/c1-16(12-5-3-11(4-6-12)15(18)23-2)24(21,22)14-9-7-13(8-10-14)17(19)20;1-16(11-4-2-10(3-5-11)14(18)15-19)24(22,23)13-8-6-12(7-9-13)17(20)21/h3-10H,1-2H3;2-9,19H,1H3,(H,15,18). The average Bonchev–Trinajstić information content (AvgIpc) is 3.10. The molecule has 252 valence electrons. The maximum atomic E-state index is 12.6. The van der Waals surface area contributed by atoms with Crippen molar-refractivity contribution in [1.82, 2.24) is 5.48 Å². The predicted molar refractivity (Wildman–Crippen MR) is 171 cm³/mol. The average molecular weight is 702 g/mol. The summed E-state index contributed by atoms with van der Waals surface area (Å²) in [5.41, 5.74) is 2.13. The minimum Gasteiger partial charge on any atom is -0.465 e. The Kier molecular flexibility index (Phi) is 11.5. The van der Waals surface area contributed by atoms with E-state index in [0.29, 0.717) is 11.3 Å². The summed E-state index contributed by atoms with van der Waals surface area (Å²) < 4.78 is 56.7. The van der Waals surface area contributed by atoms with Gasteiger partial charge in [-0.25, -0.2) is 27.1 Å². The molecule has 0 spiro atoms. The van der Waals surface area contributed by atoms with Crippen LogP contribution in [0.2, 0.25) is 0 Å². The number of non-ortho nitro benzene ring substituents is 2. The Hall–Kier alpha value is -5.92. The van der Waals surface area contributed by atoms with E-state index in [1.165, 1.54) is 87.3 Å². The molecule has 4 aromatic rings. The maximum Gasteiger partial charge on any atom is 0.337 e. The molecule has 0 saturated carbocycles. The lowest BCUT2D eigenvalue weighted by atomic mass is 10.2. The normalized spacial score (nSPS) is 10.9. The number of hydrogen-bond acceptors (Lipinski definition) is 12. The molecule has 0 heterocycles. The van der Waals surface area contributed by atoms with Crippen LogP contribution >= 0.6 is 0 Å². The van der Waals surface area contributed by atoms with E-state index in [1.54, 1.807) is 0 Å². The summed E-state index contributed by atoms with van der Waals surface area (Å²) in [6, 6.07) is 20.4. The van der Waals surface area contributed by atoms with Crippen molar-refractivity contribution in [1.29, 1.82) is 0 Å². The number of sulfonamides is 2. The summed E-state index contributed by atoms with van der Waals surface area (Å²) >= 11 is 0. The van der Waals surface area contributed by atoms with Crippen LogP contribution in [0.3, 0.4) is 0 Å². The number of ether oxygens (including phenoxy) is 1. The Morgan fingerprint density at radius 1 is 0.646 bits per heavy atom. The molecule has 0 bridgehead atoms. The van der Waals surface area contributed by atoms with Gasteiger partial charge in [0.25, 0.3) is 37.3 Å². The van der Waals surface area contributed by atoms with E-state index in [9.17, 15) is 46.7 Å². The minimum atomic E-state index is -3.91. The molecule has 17 nitrogen and oxygen atoms in total. The zero-order chi connectivity index (χ0) is 35.8. The molecule has 0 aliphatic heterocycles. The zero-order valence-corrected chi connectivity index (χ0v) is 26.9. The van der Waals surface area contributed by atoms with Crippen molar-refractivity contribution in [3.05, 3.63) is 128 Å². The van der Waals surface area contributed by atoms with Crippen molar-refractivity contribution in [3.8, 4) is 0 Å². The Morgan fingerprint density at radius 3 is 1.27 bits per heavy atom. The highest BCUT2D eigenvalue weighted by Crippen LogP contribution is 2.25. The number of benzene rings is 4. The fourth-order valence-corrected chi connectivity index (χ4v) is 6.28. The molecular weight excluding hydrogens is 674 g/mol. The molecule has 1 amide bonds. The van der Waals surface area contributed by atoms with Gasteiger partial charge in [0.15, 0.2) is 0 Å². The zero-order valence-electron chi connectivity index (χ0n) is 25.3. The number of anilines is 2. The van der Waals surface area contributed by atoms with Gasteiger partial charge in [-0.3, -0.25) is 38.8 Å². The molecule has 0 radical (unpaired) electrons. The summed E-state index contributed by atoms with van der Waals surface area (Å²) in [4.78, 5) is 42.5. The van der Waals surface area contributed by atoms with E-state index in [1.807, 2.05) is 0 Å². The summed E-state index contributed by atoms with van der Waals surface area (Å²) in [6.45, 7) is 0. The molecule has 4 rings (SSSR count). The van der Waals surface area contributed by atoms with Gasteiger partial charge in [0, 0.05) is 43.9 Å². The number of carbonyl (C=O) groups is 2. The van der Waals surface area contributed by atoms with Gasteiger partial charge in [-0.1, -0.05) is 0 Å². The number of nitrogens with one attached hydrogen (secondary N) is 1. The second kappa shape index (κ2) is 15.1. The highest BCUT2D eigenvalue weighted by molar-refractivity contribution is 7.93.